The topological polar surface area (TPSA) is 62.2 Å². The fourth-order valence-electron chi connectivity index (χ4n) is 1.62. The number of hydrogen-bond acceptors (Lipinski definition) is 2. The molecule has 0 aliphatic heterocycles. The number of pyridine rings is 1. The summed E-state index contributed by atoms with van der Waals surface area (Å²) in [6, 6.07) is 6.06. The number of nitrogens with zero attached hydrogens (tertiary/aromatic N) is 1. The first-order valence-corrected chi connectivity index (χ1v) is 5.99. The van der Waals surface area contributed by atoms with Crippen molar-refractivity contribution in [3.8, 4) is 11.8 Å². The number of amides is 1. The third-order valence-corrected chi connectivity index (χ3v) is 2.53. The quantitative estimate of drug-likeness (QED) is 0.791. The number of aromatic nitrogens is 1. The Morgan fingerprint density at radius 1 is 1.14 bits per heavy atom. The first kappa shape index (κ1) is 15.4. The van der Waals surface area contributed by atoms with Crippen LogP contribution in [0.1, 0.15) is 16.7 Å². The number of alkyl halides is 3. The molecule has 2 rings (SSSR count). The lowest BCUT2D eigenvalue weighted by atomic mass is 10.1. The summed E-state index contributed by atoms with van der Waals surface area (Å²) in [5.41, 5.74) is 0.0251. The highest BCUT2D eigenvalue weighted by molar-refractivity contribution is 5.82. The van der Waals surface area contributed by atoms with E-state index in [1.54, 1.807) is 0 Å². The van der Waals surface area contributed by atoms with Crippen LogP contribution in [-0.2, 0) is 6.18 Å². The van der Waals surface area contributed by atoms with Gasteiger partial charge in [-0.25, -0.2) is 4.79 Å². The second kappa shape index (κ2) is 6.18. The van der Waals surface area contributed by atoms with E-state index in [4.69, 9.17) is 5.11 Å². The van der Waals surface area contributed by atoms with Crippen molar-refractivity contribution in [3.05, 3.63) is 59.4 Å². The molecule has 0 unspecified atom stereocenters. The molecule has 0 saturated carbocycles. The number of hydrogen-bond donors (Lipinski definition) is 2. The van der Waals surface area contributed by atoms with Crippen molar-refractivity contribution in [3.63, 3.8) is 0 Å². The van der Waals surface area contributed by atoms with Crippen molar-refractivity contribution >= 4 is 11.8 Å². The van der Waals surface area contributed by atoms with Gasteiger partial charge >= 0.3 is 12.3 Å². The lowest BCUT2D eigenvalue weighted by Gasteiger charge is -2.05. The molecule has 2 aromatic rings. The first-order chi connectivity index (χ1) is 10.3. The minimum Gasteiger partial charge on any atom is -0.465 e. The molecular weight excluding hydrogens is 297 g/mol. The Morgan fingerprint density at radius 2 is 1.86 bits per heavy atom. The van der Waals surface area contributed by atoms with Gasteiger partial charge in [0, 0.05) is 17.3 Å². The average molecular weight is 306 g/mol. The molecule has 0 fully saturated rings. The van der Waals surface area contributed by atoms with Crippen LogP contribution in [0.3, 0.4) is 0 Å². The molecule has 0 aliphatic carbocycles. The Morgan fingerprint density at radius 3 is 2.55 bits per heavy atom. The van der Waals surface area contributed by atoms with Gasteiger partial charge in [0.2, 0.25) is 0 Å². The maximum absolute atomic E-state index is 12.6. The summed E-state index contributed by atoms with van der Waals surface area (Å²) in [6.07, 6.45) is -2.99. The molecule has 0 radical (unpaired) electrons. The number of benzene rings is 1. The van der Waals surface area contributed by atoms with Crippen LogP contribution in [0.15, 0.2) is 42.7 Å². The van der Waals surface area contributed by atoms with Crippen molar-refractivity contribution < 1.29 is 23.1 Å². The van der Waals surface area contributed by atoms with E-state index < -0.39 is 17.8 Å². The zero-order valence-electron chi connectivity index (χ0n) is 11.0. The standard InChI is InChI=1S/C15H9F3N2O2/c16-15(17,18)12-3-1-2-10(6-12)4-5-11-7-13(9-19-8-11)20-14(21)22/h1-3,6-9,20H,(H,21,22). The highest BCUT2D eigenvalue weighted by atomic mass is 19.4. The summed E-state index contributed by atoms with van der Waals surface area (Å²) in [4.78, 5) is 14.3. The van der Waals surface area contributed by atoms with Crippen LogP contribution >= 0.6 is 0 Å². The van der Waals surface area contributed by atoms with Gasteiger partial charge in [-0.05, 0) is 24.3 Å². The zero-order valence-corrected chi connectivity index (χ0v) is 11.0. The first-order valence-electron chi connectivity index (χ1n) is 5.99. The molecule has 4 nitrogen and oxygen atoms in total. The minimum absolute atomic E-state index is 0.200. The molecule has 112 valence electrons. The Labute approximate surface area is 123 Å². The molecule has 0 aliphatic rings. The van der Waals surface area contributed by atoms with E-state index >= 15 is 0 Å². The Bertz CT molecular complexity index is 761. The second-order valence-corrected chi connectivity index (χ2v) is 4.22. The van der Waals surface area contributed by atoms with Crippen molar-refractivity contribution in [2.75, 3.05) is 5.32 Å². The van der Waals surface area contributed by atoms with Crippen LogP contribution < -0.4 is 5.32 Å². The van der Waals surface area contributed by atoms with Crippen LogP contribution in [-0.4, -0.2) is 16.2 Å². The predicted octanol–water partition coefficient (Wildman–Crippen LogP) is 3.59. The van der Waals surface area contributed by atoms with E-state index in [9.17, 15) is 18.0 Å². The molecule has 0 atom stereocenters. The van der Waals surface area contributed by atoms with Gasteiger partial charge in [0.15, 0.2) is 0 Å². The molecular formula is C15H9F3N2O2. The summed E-state index contributed by atoms with van der Waals surface area (Å²) in [7, 11) is 0. The third kappa shape index (κ3) is 4.24. The van der Waals surface area contributed by atoms with E-state index in [1.165, 1.54) is 30.6 Å². The number of rotatable bonds is 1. The van der Waals surface area contributed by atoms with Crippen molar-refractivity contribution in [2.45, 2.75) is 6.18 Å². The van der Waals surface area contributed by atoms with Gasteiger partial charge in [-0.3, -0.25) is 10.3 Å². The lowest BCUT2D eigenvalue weighted by Crippen LogP contribution is -2.07. The van der Waals surface area contributed by atoms with E-state index in [2.05, 4.69) is 22.1 Å². The fourth-order valence-corrected chi connectivity index (χ4v) is 1.62. The molecule has 1 aromatic heterocycles. The van der Waals surface area contributed by atoms with E-state index in [0.717, 1.165) is 12.1 Å². The number of halogens is 3. The van der Waals surface area contributed by atoms with Crippen molar-refractivity contribution in [1.29, 1.82) is 0 Å². The zero-order chi connectivity index (χ0) is 16.2. The minimum atomic E-state index is -4.43. The van der Waals surface area contributed by atoms with Gasteiger partial charge in [0.1, 0.15) is 0 Å². The fraction of sp³-hybridized carbons (Fsp3) is 0.0667. The summed E-state index contributed by atoms with van der Waals surface area (Å²) in [6.45, 7) is 0. The summed E-state index contributed by atoms with van der Waals surface area (Å²) in [5, 5.41) is 10.7. The number of carbonyl (C=O) groups is 1. The van der Waals surface area contributed by atoms with E-state index in [-0.39, 0.29) is 11.3 Å². The number of nitrogens with one attached hydrogen (secondary N) is 1. The monoisotopic (exact) mass is 306 g/mol. The highest BCUT2D eigenvalue weighted by Crippen LogP contribution is 2.29. The van der Waals surface area contributed by atoms with Gasteiger partial charge in [-0.2, -0.15) is 13.2 Å². The predicted molar refractivity (Wildman–Crippen MR) is 73.3 cm³/mol. The van der Waals surface area contributed by atoms with Crippen molar-refractivity contribution in [2.24, 2.45) is 0 Å². The van der Waals surface area contributed by atoms with Gasteiger partial charge in [0.05, 0.1) is 17.4 Å². The molecule has 1 amide bonds. The SMILES string of the molecule is O=C(O)Nc1cncc(C#Cc2cccc(C(F)(F)F)c2)c1. The Balaban J connectivity index is 2.25. The van der Waals surface area contributed by atoms with Gasteiger partial charge in [-0.15, -0.1) is 0 Å². The van der Waals surface area contributed by atoms with Crippen LogP contribution in [0, 0.1) is 11.8 Å². The van der Waals surface area contributed by atoms with Crippen LogP contribution in [0.4, 0.5) is 23.7 Å². The third-order valence-electron chi connectivity index (χ3n) is 2.53. The molecule has 1 heterocycles. The lowest BCUT2D eigenvalue weighted by molar-refractivity contribution is -0.137. The number of carboxylic acid groups (broad SMARTS) is 1. The van der Waals surface area contributed by atoms with E-state index in [1.807, 2.05) is 0 Å². The molecule has 7 heteroatoms. The van der Waals surface area contributed by atoms with Crippen LogP contribution in [0.2, 0.25) is 0 Å². The van der Waals surface area contributed by atoms with Crippen LogP contribution in [0.5, 0.6) is 0 Å². The Kier molecular flexibility index (Phi) is 4.32. The molecule has 22 heavy (non-hydrogen) atoms. The van der Waals surface area contributed by atoms with E-state index in [0.29, 0.717) is 5.56 Å². The summed E-state index contributed by atoms with van der Waals surface area (Å²) >= 11 is 0. The molecule has 1 aromatic carbocycles. The second-order valence-electron chi connectivity index (χ2n) is 4.22. The largest absolute Gasteiger partial charge is 0.465 e. The van der Waals surface area contributed by atoms with Gasteiger partial charge in [-0.1, -0.05) is 17.9 Å². The average Bonchev–Trinajstić information content (AvgIpc) is 2.44. The maximum Gasteiger partial charge on any atom is 0.416 e. The van der Waals surface area contributed by atoms with Gasteiger partial charge < -0.3 is 5.11 Å². The molecule has 0 bridgehead atoms. The molecule has 2 N–H and O–H groups in total. The number of anilines is 1. The Hall–Kier alpha value is -3.01. The molecule has 0 spiro atoms. The van der Waals surface area contributed by atoms with Crippen molar-refractivity contribution in [1.82, 2.24) is 4.98 Å². The summed E-state index contributed by atoms with van der Waals surface area (Å²) in [5.74, 6) is 5.23. The normalized spacial score (nSPS) is 10.5. The highest BCUT2D eigenvalue weighted by Gasteiger charge is 2.30. The smallest absolute Gasteiger partial charge is 0.416 e. The van der Waals surface area contributed by atoms with Crippen LogP contribution in [0.25, 0.3) is 0 Å². The van der Waals surface area contributed by atoms with Gasteiger partial charge in [0.25, 0.3) is 0 Å². The summed E-state index contributed by atoms with van der Waals surface area (Å²) < 4.78 is 37.8. The molecule has 0 saturated heterocycles. The maximum atomic E-state index is 12.6.